The Labute approximate surface area is 230 Å². The van der Waals surface area contributed by atoms with E-state index in [0.717, 1.165) is 37.1 Å². The summed E-state index contributed by atoms with van der Waals surface area (Å²) in [6, 6.07) is 7.18. The lowest BCUT2D eigenvalue weighted by atomic mass is 9.90. The number of hydrogen-bond acceptors (Lipinski definition) is 7. The third kappa shape index (κ3) is 9.05. The number of hydrogen-bond donors (Lipinski definition) is 3. The molecule has 11 nitrogen and oxygen atoms in total. The van der Waals surface area contributed by atoms with Gasteiger partial charge in [0.05, 0.1) is 35.7 Å². The average molecular weight is 537 g/mol. The zero-order valence-electron chi connectivity index (χ0n) is 23.6. The number of alkyl carbamates (subject to hydrolysis) is 1. The zero-order valence-corrected chi connectivity index (χ0v) is 23.6. The number of allylic oxidation sites excluding steroid dienone is 1. The van der Waals surface area contributed by atoms with Gasteiger partial charge in [0.15, 0.2) is 0 Å². The maximum absolute atomic E-state index is 12.4. The molecule has 1 heterocycles. The average Bonchev–Trinajstić information content (AvgIpc) is 3.38. The molecule has 0 spiro atoms. The summed E-state index contributed by atoms with van der Waals surface area (Å²) in [5.41, 5.74) is 7.43. The molecular weight excluding hydrogens is 496 g/mol. The Kier molecular flexibility index (Phi) is 9.97. The SMILES string of the molecule is CC(Nc1cccc(-n2nccn2)c1)=C(C=NC(=NC1CCCCC1NC(=O)OC(C)(C)C)C(C)C)C(N)=O. The predicted molar refractivity (Wildman–Crippen MR) is 153 cm³/mol. The van der Waals surface area contributed by atoms with Gasteiger partial charge in [0, 0.05) is 23.5 Å². The van der Waals surface area contributed by atoms with Gasteiger partial charge in [-0.15, -0.1) is 0 Å². The van der Waals surface area contributed by atoms with Gasteiger partial charge in [0.1, 0.15) is 11.4 Å². The van der Waals surface area contributed by atoms with Crippen molar-refractivity contribution < 1.29 is 14.3 Å². The lowest BCUT2D eigenvalue weighted by molar-refractivity contribution is -0.114. The second-order valence-corrected chi connectivity index (χ2v) is 10.9. The molecule has 1 aliphatic rings. The predicted octanol–water partition coefficient (Wildman–Crippen LogP) is 4.40. The lowest BCUT2D eigenvalue weighted by Crippen LogP contribution is -2.46. The van der Waals surface area contributed by atoms with Gasteiger partial charge in [0.2, 0.25) is 0 Å². The highest BCUT2D eigenvalue weighted by atomic mass is 16.6. The second-order valence-electron chi connectivity index (χ2n) is 10.9. The van der Waals surface area contributed by atoms with E-state index in [1.807, 2.05) is 58.9 Å². The van der Waals surface area contributed by atoms with E-state index < -0.39 is 17.6 Å². The van der Waals surface area contributed by atoms with Crippen LogP contribution in [0, 0.1) is 5.92 Å². The number of rotatable bonds is 8. The van der Waals surface area contributed by atoms with Crippen molar-refractivity contribution in [2.75, 3.05) is 5.32 Å². The van der Waals surface area contributed by atoms with E-state index >= 15 is 0 Å². The topological polar surface area (TPSA) is 149 Å². The fraction of sp³-hybridized carbons (Fsp3) is 0.500. The first kappa shape index (κ1) is 29.5. The lowest BCUT2D eigenvalue weighted by Gasteiger charge is -2.31. The van der Waals surface area contributed by atoms with Crippen LogP contribution < -0.4 is 16.4 Å². The molecule has 4 N–H and O–H groups in total. The molecule has 1 aromatic heterocycles. The number of nitrogens with two attached hydrogens (primary N) is 1. The molecule has 1 aromatic carbocycles. The highest BCUT2D eigenvalue weighted by Gasteiger charge is 2.29. The number of carbonyl (C=O) groups is 2. The standard InChI is InChI=1S/C28H40N8O3/c1-18(2)26(34-23-12-7-8-13-24(23)35-27(38)39-28(4,5)6)30-17-22(25(29)37)19(3)33-20-10-9-11-21(16-20)36-31-14-15-32-36/h9-11,14-18,23-24,33H,7-8,12-13H2,1-6H3,(H2,29,37)(H,35,38). The number of primary amides is 1. The molecule has 210 valence electrons. The van der Waals surface area contributed by atoms with E-state index in [9.17, 15) is 9.59 Å². The van der Waals surface area contributed by atoms with Gasteiger partial charge in [-0.05, 0) is 58.7 Å². The van der Waals surface area contributed by atoms with Crippen molar-refractivity contribution in [1.29, 1.82) is 0 Å². The molecule has 0 radical (unpaired) electrons. The van der Waals surface area contributed by atoms with Crippen LogP contribution in [-0.4, -0.2) is 56.7 Å². The number of aromatic nitrogens is 3. The van der Waals surface area contributed by atoms with E-state index in [1.54, 1.807) is 19.3 Å². The number of carbonyl (C=O) groups excluding carboxylic acids is 2. The van der Waals surface area contributed by atoms with Crippen LogP contribution in [0.25, 0.3) is 5.69 Å². The number of anilines is 1. The summed E-state index contributed by atoms with van der Waals surface area (Å²) in [6.07, 6.45) is 7.87. The first-order valence-corrected chi connectivity index (χ1v) is 13.3. The van der Waals surface area contributed by atoms with Crippen LogP contribution in [0.4, 0.5) is 10.5 Å². The molecule has 11 heteroatoms. The van der Waals surface area contributed by atoms with E-state index in [4.69, 9.17) is 15.5 Å². The van der Waals surface area contributed by atoms with Gasteiger partial charge >= 0.3 is 6.09 Å². The largest absolute Gasteiger partial charge is 0.444 e. The minimum atomic E-state index is -0.612. The van der Waals surface area contributed by atoms with E-state index in [1.165, 1.54) is 11.0 Å². The first-order valence-electron chi connectivity index (χ1n) is 13.3. The Bertz CT molecular complexity index is 1230. The summed E-state index contributed by atoms with van der Waals surface area (Å²) in [6.45, 7) is 11.2. The Balaban J connectivity index is 1.81. The Morgan fingerprint density at radius 3 is 2.51 bits per heavy atom. The Morgan fingerprint density at radius 2 is 1.87 bits per heavy atom. The summed E-state index contributed by atoms with van der Waals surface area (Å²) >= 11 is 0. The molecule has 1 fully saturated rings. The molecule has 2 atom stereocenters. The number of aliphatic imine (C=N–C) groups is 2. The molecule has 0 bridgehead atoms. The summed E-state index contributed by atoms with van der Waals surface area (Å²) in [5, 5.41) is 14.5. The van der Waals surface area contributed by atoms with Crippen molar-refractivity contribution in [2.24, 2.45) is 21.6 Å². The van der Waals surface area contributed by atoms with Gasteiger partial charge in [-0.25, -0.2) is 9.79 Å². The molecule has 39 heavy (non-hydrogen) atoms. The minimum Gasteiger partial charge on any atom is -0.444 e. The van der Waals surface area contributed by atoms with Crippen molar-refractivity contribution in [3.8, 4) is 5.69 Å². The maximum Gasteiger partial charge on any atom is 0.407 e. The van der Waals surface area contributed by atoms with E-state index in [2.05, 4.69) is 25.8 Å². The number of benzene rings is 1. The maximum atomic E-state index is 12.4. The summed E-state index contributed by atoms with van der Waals surface area (Å²) in [7, 11) is 0. The van der Waals surface area contributed by atoms with Gasteiger partial charge in [-0.2, -0.15) is 15.0 Å². The van der Waals surface area contributed by atoms with Gasteiger partial charge < -0.3 is 21.1 Å². The molecule has 1 saturated carbocycles. The third-order valence-corrected chi connectivity index (χ3v) is 6.07. The first-order chi connectivity index (χ1) is 18.4. The number of nitrogens with one attached hydrogen (secondary N) is 2. The van der Waals surface area contributed by atoms with Crippen molar-refractivity contribution in [3.05, 3.63) is 47.9 Å². The quantitative estimate of drug-likeness (QED) is 0.259. The second kappa shape index (κ2) is 13.2. The van der Waals surface area contributed by atoms with Gasteiger partial charge in [-0.3, -0.25) is 9.79 Å². The van der Waals surface area contributed by atoms with Gasteiger partial charge in [0.25, 0.3) is 5.91 Å². The number of amidine groups is 1. The zero-order chi connectivity index (χ0) is 28.6. The van der Waals surface area contributed by atoms with Crippen LogP contribution in [0.15, 0.2) is 57.9 Å². The van der Waals surface area contributed by atoms with Crippen molar-refractivity contribution in [3.63, 3.8) is 0 Å². The number of nitrogens with zero attached hydrogens (tertiary/aromatic N) is 5. The normalized spacial score (nSPS) is 19.1. The number of ether oxygens (including phenoxy) is 1. The highest BCUT2D eigenvalue weighted by Crippen LogP contribution is 2.23. The fourth-order valence-electron chi connectivity index (χ4n) is 4.21. The molecule has 3 rings (SSSR count). The monoisotopic (exact) mass is 536 g/mol. The van der Waals surface area contributed by atoms with Crippen molar-refractivity contribution in [2.45, 2.75) is 84.9 Å². The van der Waals surface area contributed by atoms with Crippen LogP contribution in [-0.2, 0) is 9.53 Å². The number of amides is 2. The Hall–Kier alpha value is -4.02. The Morgan fingerprint density at radius 1 is 1.18 bits per heavy atom. The van der Waals surface area contributed by atoms with Crippen LogP contribution >= 0.6 is 0 Å². The van der Waals surface area contributed by atoms with Crippen LogP contribution in [0.3, 0.4) is 0 Å². The van der Waals surface area contributed by atoms with Crippen LogP contribution in [0.1, 0.15) is 67.2 Å². The molecule has 2 amide bonds. The van der Waals surface area contributed by atoms with E-state index in [-0.39, 0.29) is 23.6 Å². The molecule has 0 aliphatic heterocycles. The van der Waals surface area contributed by atoms with Crippen molar-refractivity contribution in [1.82, 2.24) is 20.3 Å². The highest BCUT2D eigenvalue weighted by molar-refractivity contribution is 6.14. The smallest absolute Gasteiger partial charge is 0.407 e. The fourth-order valence-corrected chi connectivity index (χ4v) is 4.21. The minimum absolute atomic E-state index is 0.00834. The van der Waals surface area contributed by atoms with Crippen molar-refractivity contribution >= 4 is 29.7 Å². The molecule has 1 aliphatic carbocycles. The van der Waals surface area contributed by atoms with E-state index in [0.29, 0.717) is 11.5 Å². The molecule has 2 aromatic rings. The molecule has 2 unspecified atom stereocenters. The molecule has 0 saturated heterocycles. The summed E-state index contributed by atoms with van der Waals surface area (Å²) in [5.74, 6) is -0.0407. The third-order valence-electron chi connectivity index (χ3n) is 6.07. The van der Waals surface area contributed by atoms with Crippen LogP contribution in [0.2, 0.25) is 0 Å². The van der Waals surface area contributed by atoms with Crippen LogP contribution in [0.5, 0.6) is 0 Å². The molecular formula is C28H40N8O3. The summed E-state index contributed by atoms with van der Waals surface area (Å²) in [4.78, 5) is 35.8. The summed E-state index contributed by atoms with van der Waals surface area (Å²) < 4.78 is 5.45. The van der Waals surface area contributed by atoms with Gasteiger partial charge in [-0.1, -0.05) is 32.8 Å².